The summed E-state index contributed by atoms with van der Waals surface area (Å²) in [5.74, 6) is 2.05. The summed E-state index contributed by atoms with van der Waals surface area (Å²) in [6.07, 6.45) is 5.90. The van der Waals surface area contributed by atoms with Crippen LogP contribution in [0.15, 0.2) is 95.5 Å². The highest BCUT2D eigenvalue weighted by Gasteiger charge is 2.38. The highest BCUT2D eigenvalue weighted by molar-refractivity contribution is 5.94. The van der Waals surface area contributed by atoms with Crippen LogP contribution in [0.1, 0.15) is 71.2 Å². The van der Waals surface area contributed by atoms with E-state index in [0.29, 0.717) is 12.3 Å². The number of amides is 1. The van der Waals surface area contributed by atoms with Crippen molar-refractivity contribution in [3.63, 3.8) is 0 Å². The fourth-order valence-corrected chi connectivity index (χ4v) is 6.44. The minimum absolute atomic E-state index is 0.102. The number of benzene rings is 3. The molecule has 2 saturated heterocycles. The molecular formula is C34H38N4O2. The molecule has 206 valence electrons. The number of rotatable bonds is 8. The van der Waals surface area contributed by atoms with Gasteiger partial charge in [-0.25, -0.2) is 0 Å². The van der Waals surface area contributed by atoms with Gasteiger partial charge in [-0.05, 0) is 80.4 Å². The lowest BCUT2D eigenvalue weighted by Crippen LogP contribution is -2.47. The van der Waals surface area contributed by atoms with Crippen molar-refractivity contribution in [2.75, 3.05) is 32.7 Å². The van der Waals surface area contributed by atoms with E-state index in [2.05, 4.69) is 52.5 Å². The number of hydrogen-bond acceptors (Lipinski definition) is 5. The van der Waals surface area contributed by atoms with E-state index in [1.54, 1.807) is 0 Å². The molecule has 0 N–H and O–H groups in total. The third kappa shape index (κ3) is 6.02. The van der Waals surface area contributed by atoms with Gasteiger partial charge in [0.15, 0.2) is 5.82 Å². The van der Waals surface area contributed by atoms with E-state index in [1.165, 1.54) is 11.1 Å². The monoisotopic (exact) mass is 534 g/mol. The van der Waals surface area contributed by atoms with Gasteiger partial charge in [0.05, 0.1) is 0 Å². The fraction of sp³-hybridized carbons (Fsp3) is 0.382. The van der Waals surface area contributed by atoms with Crippen LogP contribution in [-0.4, -0.2) is 58.6 Å². The molecule has 2 aliphatic rings. The summed E-state index contributed by atoms with van der Waals surface area (Å²) in [5.41, 5.74) is 3.50. The molecule has 0 aliphatic carbocycles. The highest BCUT2D eigenvalue weighted by Crippen LogP contribution is 2.40. The molecule has 0 atom stereocenters. The van der Waals surface area contributed by atoms with Gasteiger partial charge in [-0.2, -0.15) is 4.98 Å². The van der Waals surface area contributed by atoms with Gasteiger partial charge in [-0.1, -0.05) is 84.0 Å². The average molecular weight is 535 g/mol. The number of aromatic nitrogens is 2. The normalized spacial score (nSPS) is 18.1. The molecule has 1 amide bonds. The molecule has 40 heavy (non-hydrogen) atoms. The molecule has 1 aromatic heterocycles. The molecule has 0 radical (unpaired) electrons. The van der Waals surface area contributed by atoms with Crippen molar-refractivity contribution in [3.05, 3.63) is 119 Å². The lowest BCUT2D eigenvalue weighted by molar-refractivity contribution is 0.0644. The third-order valence-electron chi connectivity index (χ3n) is 8.95. The smallest absolute Gasteiger partial charge is 0.253 e. The molecule has 4 aromatic rings. The summed E-state index contributed by atoms with van der Waals surface area (Å²) < 4.78 is 5.69. The first-order valence-electron chi connectivity index (χ1n) is 14.7. The predicted octanol–water partition coefficient (Wildman–Crippen LogP) is 6.10. The molecular weight excluding hydrogens is 496 g/mol. The SMILES string of the molecule is O=C(c1ccccc1)N1CCC(CCN2CCC(c3nc(Cc4ccccc4)no3)CC2)(c2ccccc2)CC1. The average Bonchev–Trinajstić information content (AvgIpc) is 3.50. The van der Waals surface area contributed by atoms with Crippen molar-refractivity contribution in [2.24, 2.45) is 0 Å². The molecule has 0 unspecified atom stereocenters. The van der Waals surface area contributed by atoms with E-state index in [0.717, 1.165) is 82.1 Å². The Morgan fingerprint density at radius 2 is 1.45 bits per heavy atom. The Balaban J connectivity index is 1.05. The number of hydrogen-bond donors (Lipinski definition) is 0. The Bertz CT molecular complexity index is 1360. The quantitative estimate of drug-likeness (QED) is 0.273. The van der Waals surface area contributed by atoms with E-state index in [9.17, 15) is 4.79 Å². The van der Waals surface area contributed by atoms with E-state index in [-0.39, 0.29) is 11.3 Å². The summed E-state index contributed by atoms with van der Waals surface area (Å²) >= 11 is 0. The van der Waals surface area contributed by atoms with Gasteiger partial charge >= 0.3 is 0 Å². The maximum Gasteiger partial charge on any atom is 0.253 e. The van der Waals surface area contributed by atoms with Crippen molar-refractivity contribution in [2.45, 2.75) is 49.9 Å². The fourth-order valence-electron chi connectivity index (χ4n) is 6.44. The lowest BCUT2D eigenvalue weighted by Gasteiger charge is -2.44. The van der Waals surface area contributed by atoms with Crippen LogP contribution in [-0.2, 0) is 11.8 Å². The number of carbonyl (C=O) groups is 1. The standard InChI is InChI=1S/C34H38N4O2/c39-33(29-12-6-2-7-13-29)38-24-19-34(20-25-38,30-14-8-3-9-15-30)18-23-37-21-16-28(17-22-37)32-35-31(36-40-32)26-27-10-4-1-5-11-27/h1-15,28H,16-26H2. The first-order chi connectivity index (χ1) is 19.7. The van der Waals surface area contributed by atoms with Crippen LogP contribution in [0, 0.1) is 0 Å². The first-order valence-corrected chi connectivity index (χ1v) is 14.7. The van der Waals surface area contributed by atoms with Crippen LogP contribution in [0.4, 0.5) is 0 Å². The number of nitrogens with zero attached hydrogens (tertiary/aromatic N) is 4. The van der Waals surface area contributed by atoms with Crippen LogP contribution in [0.25, 0.3) is 0 Å². The zero-order valence-electron chi connectivity index (χ0n) is 23.1. The highest BCUT2D eigenvalue weighted by atomic mass is 16.5. The first kappa shape index (κ1) is 26.5. The van der Waals surface area contributed by atoms with Gasteiger partial charge in [0.2, 0.25) is 5.89 Å². The largest absolute Gasteiger partial charge is 0.339 e. The van der Waals surface area contributed by atoms with Crippen LogP contribution in [0.5, 0.6) is 0 Å². The van der Waals surface area contributed by atoms with Crippen LogP contribution >= 0.6 is 0 Å². The molecule has 0 spiro atoms. The summed E-state index contributed by atoms with van der Waals surface area (Å²) in [4.78, 5) is 22.5. The van der Waals surface area contributed by atoms with Crippen molar-refractivity contribution in [1.82, 2.24) is 19.9 Å². The van der Waals surface area contributed by atoms with Crippen LogP contribution in [0.3, 0.4) is 0 Å². The van der Waals surface area contributed by atoms with Crippen LogP contribution in [0.2, 0.25) is 0 Å². The summed E-state index contributed by atoms with van der Waals surface area (Å²) in [6, 6.07) is 31.0. The maximum atomic E-state index is 13.1. The van der Waals surface area contributed by atoms with Gasteiger partial charge in [0.25, 0.3) is 5.91 Å². The van der Waals surface area contributed by atoms with E-state index in [4.69, 9.17) is 9.51 Å². The second-order valence-corrected chi connectivity index (χ2v) is 11.4. The Hall–Kier alpha value is -3.77. The third-order valence-corrected chi connectivity index (χ3v) is 8.95. The van der Waals surface area contributed by atoms with Crippen molar-refractivity contribution >= 4 is 5.91 Å². The molecule has 6 rings (SSSR count). The molecule has 6 nitrogen and oxygen atoms in total. The Labute approximate surface area is 237 Å². The molecule has 6 heteroatoms. The van der Waals surface area contributed by atoms with E-state index >= 15 is 0 Å². The van der Waals surface area contributed by atoms with Gasteiger partial charge in [0, 0.05) is 31.0 Å². The lowest BCUT2D eigenvalue weighted by atomic mass is 9.70. The molecule has 2 fully saturated rings. The van der Waals surface area contributed by atoms with E-state index in [1.807, 2.05) is 53.4 Å². The number of carbonyl (C=O) groups excluding carboxylic acids is 1. The Morgan fingerprint density at radius 1 is 0.825 bits per heavy atom. The molecule has 0 bridgehead atoms. The van der Waals surface area contributed by atoms with Crippen molar-refractivity contribution in [1.29, 1.82) is 0 Å². The Kier molecular flexibility index (Phi) is 8.05. The topological polar surface area (TPSA) is 62.5 Å². The second kappa shape index (κ2) is 12.2. The van der Waals surface area contributed by atoms with Gasteiger partial charge < -0.3 is 14.3 Å². The summed E-state index contributed by atoms with van der Waals surface area (Å²) in [7, 11) is 0. The molecule has 2 aliphatic heterocycles. The van der Waals surface area contributed by atoms with Crippen molar-refractivity contribution < 1.29 is 9.32 Å². The zero-order chi connectivity index (χ0) is 27.2. The van der Waals surface area contributed by atoms with Crippen molar-refractivity contribution in [3.8, 4) is 0 Å². The second-order valence-electron chi connectivity index (χ2n) is 11.4. The molecule has 3 aromatic carbocycles. The minimum atomic E-state index is 0.102. The predicted molar refractivity (Wildman–Crippen MR) is 156 cm³/mol. The summed E-state index contributed by atoms with van der Waals surface area (Å²) in [5, 5.41) is 4.26. The zero-order valence-corrected chi connectivity index (χ0v) is 23.1. The van der Waals surface area contributed by atoms with Gasteiger partial charge in [-0.3, -0.25) is 4.79 Å². The van der Waals surface area contributed by atoms with Crippen LogP contribution < -0.4 is 0 Å². The van der Waals surface area contributed by atoms with E-state index < -0.39 is 0 Å². The summed E-state index contributed by atoms with van der Waals surface area (Å²) in [6.45, 7) is 4.76. The maximum absolute atomic E-state index is 13.1. The minimum Gasteiger partial charge on any atom is -0.339 e. The van der Waals surface area contributed by atoms with Gasteiger partial charge in [0.1, 0.15) is 0 Å². The number of piperidine rings is 2. The molecule has 3 heterocycles. The Morgan fingerprint density at radius 3 is 2.12 bits per heavy atom. The van der Waals surface area contributed by atoms with Gasteiger partial charge in [-0.15, -0.1) is 0 Å². The molecule has 0 saturated carbocycles. The number of likely N-dealkylation sites (tertiary alicyclic amines) is 2.